The molecule has 5 nitrogen and oxygen atoms in total. The third kappa shape index (κ3) is 4.04. The van der Waals surface area contributed by atoms with Gasteiger partial charge in [0.1, 0.15) is 11.6 Å². The number of likely N-dealkylation sites (tertiary alicyclic amines) is 1. The molecule has 1 aliphatic rings. The maximum atomic E-state index is 13.3. The number of benzene rings is 2. The minimum absolute atomic E-state index is 0.0717. The molecule has 0 aliphatic carbocycles. The Morgan fingerprint density at radius 3 is 2.48 bits per heavy atom. The Balaban J connectivity index is 1.89. The van der Waals surface area contributed by atoms with Gasteiger partial charge in [-0.25, -0.2) is 4.39 Å². The summed E-state index contributed by atoms with van der Waals surface area (Å²) >= 11 is 12.4. The number of pyridine rings is 1. The Morgan fingerprint density at radius 2 is 1.84 bits per heavy atom. The number of carbonyl (C=O) groups excluding carboxylic acids is 2. The van der Waals surface area contributed by atoms with E-state index in [9.17, 15) is 19.1 Å². The fraction of sp³-hybridized carbons (Fsp3) is 0.0870. The molecule has 1 fully saturated rings. The summed E-state index contributed by atoms with van der Waals surface area (Å²) in [5.41, 5.74) is 1.19. The highest BCUT2D eigenvalue weighted by molar-refractivity contribution is 6.47. The highest BCUT2D eigenvalue weighted by Gasteiger charge is 2.46. The number of rotatable bonds is 4. The number of aromatic nitrogens is 1. The summed E-state index contributed by atoms with van der Waals surface area (Å²) in [5, 5.41) is 11.6. The second-order valence-electron chi connectivity index (χ2n) is 6.96. The van der Waals surface area contributed by atoms with E-state index < -0.39 is 29.3 Å². The summed E-state index contributed by atoms with van der Waals surface area (Å²) in [6, 6.07) is 12.2. The molecule has 0 spiro atoms. The molecule has 8 heteroatoms. The number of aliphatic hydroxyl groups is 1. The molecule has 1 saturated heterocycles. The van der Waals surface area contributed by atoms with Crippen LogP contribution in [0.3, 0.4) is 0 Å². The lowest BCUT2D eigenvalue weighted by Crippen LogP contribution is -2.29. The summed E-state index contributed by atoms with van der Waals surface area (Å²) in [4.78, 5) is 31.3. The summed E-state index contributed by atoms with van der Waals surface area (Å²) < 4.78 is 13.3. The quantitative estimate of drug-likeness (QED) is 0.334. The number of hydrogen-bond acceptors (Lipinski definition) is 4. The van der Waals surface area contributed by atoms with Crippen molar-refractivity contribution in [3.05, 3.63) is 105 Å². The Labute approximate surface area is 187 Å². The molecule has 1 aromatic heterocycles. The standard InChI is InChI=1S/C23H15Cl2FN2O3/c24-15-5-8-17(18(25)10-15)20-19(21(29)14-3-6-16(26)7-4-14)22(30)23(31)28(20)12-13-2-1-9-27-11-13/h1-11,20,29H,12H2/b21-19+. The fourth-order valence-electron chi connectivity index (χ4n) is 3.54. The van der Waals surface area contributed by atoms with E-state index in [1.54, 1.807) is 36.7 Å². The lowest BCUT2D eigenvalue weighted by molar-refractivity contribution is -0.140. The van der Waals surface area contributed by atoms with Crippen molar-refractivity contribution >= 4 is 40.7 Å². The number of carbonyl (C=O) groups is 2. The van der Waals surface area contributed by atoms with Gasteiger partial charge < -0.3 is 10.0 Å². The molecule has 0 radical (unpaired) electrons. The number of hydrogen-bond donors (Lipinski definition) is 1. The fourth-order valence-corrected chi connectivity index (χ4v) is 4.05. The van der Waals surface area contributed by atoms with Crippen molar-refractivity contribution in [2.75, 3.05) is 0 Å². The molecule has 1 atom stereocenters. The van der Waals surface area contributed by atoms with Crippen LogP contribution in [0.25, 0.3) is 5.76 Å². The van der Waals surface area contributed by atoms with Crippen LogP contribution in [-0.4, -0.2) is 26.7 Å². The van der Waals surface area contributed by atoms with Gasteiger partial charge in [-0.3, -0.25) is 14.6 Å². The maximum absolute atomic E-state index is 13.3. The largest absolute Gasteiger partial charge is 0.507 e. The number of Topliss-reactive ketones (excluding diaryl/α,β-unsaturated/α-hetero) is 1. The third-order valence-electron chi connectivity index (χ3n) is 4.99. The van der Waals surface area contributed by atoms with Crippen LogP contribution in [0, 0.1) is 5.82 Å². The Kier molecular flexibility index (Phi) is 5.76. The molecule has 1 unspecified atom stereocenters. The van der Waals surface area contributed by atoms with Crippen molar-refractivity contribution in [3.63, 3.8) is 0 Å². The van der Waals surface area contributed by atoms with Gasteiger partial charge in [-0.2, -0.15) is 0 Å². The average Bonchev–Trinajstić information content (AvgIpc) is 2.99. The van der Waals surface area contributed by atoms with E-state index in [1.807, 2.05) is 0 Å². The van der Waals surface area contributed by atoms with Gasteiger partial charge in [0.05, 0.1) is 11.6 Å². The van der Waals surface area contributed by atoms with Gasteiger partial charge >= 0.3 is 0 Å². The summed E-state index contributed by atoms with van der Waals surface area (Å²) in [7, 11) is 0. The van der Waals surface area contributed by atoms with Gasteiger partial charge in [-0.1, -0.05) is 35.3 Å². The van der Waals surface area contributed by atoms with Crippen LogP contribution in [0.1, 0.15) is 22.7 Å². The van der Waals surface area contributed by atoms with Gasteiger partial charge in [0.25, 0.3) is 11.7 Å². The van der Waals surface area contributed by atoms with Crippen molar-refractivity contribution in [2.45, 2.75) is 12.6 Å². The molecule has 1 N–H and O–H groups in total. The molecule has 2 aromatic carbocycles. The zero-order valence-corrected chi connectivity index (χ0v) is 17.4. The lowest BCUT2D eigenvalue weighted by atomic mass is 9.95. The van der Waals surface area contributed by atoms with Crippen molar-refractivity contribution < 1.29 is 19.1 Å². The SMILES string of the molecule is O=C1C(=O)N(Cc2cccnc2)C(c2ccc(Cl)cc2Cl)/C1=C(\O)c1ccc(F)cc1. The first-order chi connectivity index (χ1) is 14.9. The highest BCUT2D eigenvalue weighted by atomic mass is 35.5. The van der Waals surface area contributed by atoms with Gasteiger partial charge in [-0.15, -0.1) is 0 Å². The predicted octanol–water partition coefficient (Wildman–Crippen LogP) is 5.15. The normalized spacial score (nSPS) is 17.9. The lowest BCUT2D eigenvalue weighted by Gasteiger charge is -2.26. The van der Waals surface area contributed by atoms with Crippen molar-refractivity contribution in [1.29, 1.82) is 0 Å². The van der Waals surface area contributed by atoms with E-state index in [0.29, 0.717) is 16.1 Å². The summed E-state index contributed by atoms with van der Waals surface area (Å²) in [6.07, 6.45) is 3.18. The third-order valence-corrected chi connectivity index (χ3v) is 5.55. The number of ketones is 1. The second-order valence-corrected chi connectivity index (χ2v) is 7.80. The van der Waals surface area contributed by atoms with Gasteiger partial charge in [0.2, 0.25) is 0 Å². The van der Waals surface area contributed by atoms with Crippen molar-refractivity contribution in [1.82, 2.24) is 9.88 Å². The Hall–Kier alpha value is -3.22. The van der Waals surface area contributed by atoms with Gasteiger partial charge in [0.15, 0.2) is 0 Å². The molecule has 0 bridgehead atoms. The first-order valence-electron chi connectivity index (χ1n) is 9.25. The van der Waals surface area contributed by atoms with E-state index in [2.05, 4.69) is 4.98 Å². The second kappa shape index (κ2) is 8.49. The molecule has 4 rings (SSSR count). The average molecular weight is 457 g/mol. The first-order valence-corrected chi connectivity index (χ1v) is 10.0. The number of halogens is 3. The van der Waals surface area contributed by atoms with Crippen LogP contribution >= 0.6 is 23.2 Å². The number of amides is 1. The summed E-state index contributed by atoms with van der Waals surface area (Å²) in [6.45, 7) is 0.0717. The van der Waals surface area contributed by atoms with Gasteiger partial charge in [0, 0.05) is 34.5 Å². The zero-order valence-electron chi connectivity index (χ0n) is 15.9. The number of nitrogens with zero attached hydrogens (tertiary/aromatic N) is 2. The smallest absolute Gasteiger partial charge is 0.295 e. The molecular formula is C23H15Cl2FN2O3. The van der Waals surface area contributed by atoms with Crippen LogP contribution in [0.4, 0.5) is 4.39 Å². The number of aliphatic hydroxyl groups excluding tert-OH is 1. The molecule has 2 heterocycles. The van der Waals surface area contributed by atoms with E-state index in [0.717, 1.165) is 12.1 Å². The van der Waals surface area contributed by atoms with Gasteiger partial charge in [-0.05, 0) is 53.6 Å². The van der Waals surface area contributed by atoms with Crippen LogP contribution in [0.15, 0.2) is 72.6 Å². The molecule has 156 valence electrons. The van der Waals surface area contributed by atoms with Crippen LogP contribution in [0.2, 0.25) is 10.0 Å². The topological polar surface area (TPSA) is 70.5 Å². The Bertz CT molecular complexity index is 1200. The molecule has 31 heavy (non-hydrogen) atoms. The molecular weight excluding hydrogens is 442 g/mol. The van der Waals surface area contributed by atoms with E-state index in [4.69, 9.17) is 23.2 Å². The summed E-state index contributed by atoms with van der Waals surface area (Å²) in [5.74, 6) is -2.56. The minimum atomic E-state index is -0.963. The van der Waals surface area contributed by atoms with E-state index in [1.165, 1.54) is 23.1 Å². The van der Waals surface area contributed by atoms with E-state index >= 15 is 0 Å². The molecule has 1 aliphatic heterocycles. The van der Waals surface area contributed by atoms with E-state index in [-0.39, 0.29) is 22.7 Å². The maximum Gasteiger partial charge on any atom is 0.295 e. The van der Waals surface area contributed by atoms with Crippen molar-refractivity contribution in [2.24, 2.45) is 0 Å². The molecule has 1 amide bonds. The minimum Gasteiger partial charge on any atom is -0.507 e. The molecule has 3 aromatic rings. The highest BCUT2D eigenvalue weighted by Crippen LogP contribution is 2.43. The Morgan fingerprint density at radius 1 is 1.10 bits per heavy atom. The predicted molar refractivity (Wildman–Crippen MR) is 115 cm³/mol. The zero-order chi connectivity index (χ0) is 22.1. The molecule has 0 saturated carbocycles. The first kappa shape index (κ1) is 21.0. The monoisotopic (exact) mass is 456 g/mol. The van der Waals surface area contributed by atoms with Crippen LogP contribution < -0.4 is 0 Å². The van der Waals surface area contributed by atoms with Crippen molar-refractivity contribution in [3.8, 4) is 0 Å². The van der Waals surface area contributed by atoms with Crippen LogP contribution in [0.5, 0.6) is 0 Å². The van der Waals surface area contributed by atoms with Crippen LogP contribution in [-0.2, 0) is 16.1 Å².